The van der Waals surface area contributed by atoms with Crippen LogP contribution >= 0.6 is 0 Å². The summed E-state index contributed by atoms with van der Waals surface area (Å²) in [7, 11) is 0. The molecule has 2 atom stereocenters. The molecule has 16 heavy (non-hydrogen) atoms. The van der Waals surface area contributed by atoms with Crippen molar-refractivity contribution in [2.24, 2.45) is 11.8 Å². The van der Waals surface area contributed by atoms with Crippen LogP contribution in [0.3, 0.4) is 0 Å². The summed E-state index contributed by atoms with van der Waals surface area (Å²) >= 11 is 0. The van der Waals surface area contributed by atoms with E-state index in [0.717, 1.165) is 25.7 Å². The lowest BCUT2D eigenvalue weighted by Crippen LogP contribution is -2.39. The molecule has 2 unspecified atom stereocenters. The molecule has 0 heterocycles. The van der Waals surface area contributed by atoms with Gasteiger partial charge in [0.05, 0.1) is 6.07 Å². The Morgan fingerprint density at radius 2 is 1.94 bits per heavy atom. The number of hydrogen-bond acceptors (Lipinski definition) is 2. The zero-order chi connectivity index (χ0) is 12.2. The van der Waals surface area contributed by atoms with Crippen LogP contribution in [0.1, 0.15) is 32.6 Å². The van der Waals surface area contributed by atoms with Crippen molar-refractivity contribution < 1.29 is 13.2 Å². The summed E-state index contributed by atoms with van der Waals surface area (Å²) < 4.78 is 36.9. The van der Waals surface area contributed by atoms with Crippen LogP contribution in [-0.2, 0) is 0 Å². The average Bonchev–Trinajstić information content (AvgIpc) is 2.68. The van der Waals surface area contributed by atoms with Crippen LogP contribution in [0.15, 0.2) is 0 Å². The number of alkyl halides is 3. The molecule has 2 nitrogen and oxygen atoms in total. The van der Waals surface area contributed by atoms with Gasteiger partial charge in [-0.1, -0.05) is 12.8 Å². The number of nitrogens with zero attached hydrogens (tertiary/aromatic N) is 1. The van der Waals surface area contributed by atoms with Crippen LogP contribution in [0.5, 0.6) is 0 Å². The highest BCUT2D eigenvalue weighted by molar-refractivity contribution is 4.91. The summed E-state index contributed by atoms with van der Waals surface area (Å²) in [6.45, 7) is 1.61. The second-order valence-corrected chi connectivity index (χ2v) is 4.46. The number of halogens is 3. The predicted octanol–water partition coefficient (Wildman–Crippen LogP) is 2.86. The van der Waals surface area contributed by atoms with Gasteiger partial charge in [0, 0.05) is 12.6 Å². The predicted molar refractivity (Wildman–Crippen MR) is 54.6 cm³/mol. The molecular weight excluding hydrogens is 217 g/mol. The fourth-order valence-electron chi connectivity index (χ4n) is 2.16. The Hall–Kier alpha value is -0.760. The number of nitriles is 1. The van der Waals surface area contributed by atoms with Gasteiger partial charge in [-0.2, -0.15) is 18.4 Å². The van der Waals surface area contributed by atoms with Crippen molar-refractivity contribution in [3.8, 4) is 6.07 Å². The molecule has 0 spiro atoms. The highest BCUT2D eigenvalue weighted by Gasteiger charge is 2.40. The first-order chi connectivity index (χ1) is 7.45. The zero-order valence-corrected chi connectivity index (χ0v) is 9.35. The Kier molecular flexibility index (Phi) is 4.60. The molecule has 0 bridgehead atoms. The van der Waals surface area contributed by atoms with E-state index in [1.165, 1.54) is 6.07 Å². The van der Waals surface area contributed by atoms with Gasteiger partial charge in [-0.05, 0) is 25.7 Å². The Morgan fingerprint density at radius 3 is 2.38 bits per heavy atom. The van der Waals surface area contributed by atoms with Gasteiger partial charge in [-0.3, -0.25) is 0 Å². The molecule has 1 N–H and O–H groups in total. The minimum absolute atomic E-state index is 0.0701. The molecule has 0 radical (unpaired) electrons. The van der Waals surface area contributed by atoms with Crippen LogP contribution in [0.2, 0.25) is 0 Å². The van der Waals surface area contributed by atoms with Crippen LogP contribution in [0.4, 0.5) is 13.2 Å². The van der Waals surface area contributed by atoms with E-state index in [1.807, 2.05) is 6.92 Å². The summed E-state index contributed by atoms with van der Waals surface area (Å²) in [5, 5.41) is 11.3. The minimum Gasteiger partial charge on any atom is -0.312 e. The molecule has 1 aliphatic rings. The third kappa shape index (κ3) is 3.67. The Balaban J connectivity index is 2.35. The Morgan fingerprint density at radius 1 is 1.38 bits per heavy atom. The molecule has 0 saturated heterocycles. The van der Waals surface area contributed by atoms with Crippen molar-refractivity contribution in [1.29, 1.82) is 5.26 Å². The van der Waals surface area contributed by atoms with E-state index in [1.54, 1.807) is 0 Å². The van der Waals surface area contributed by atoms with Crippen LogP contribution < -0.4 is 5.32 Å². The third-order valence-corrected chi connectivity index (χ3v) is 3.30. The summed E-state index contributed by atoms with van der Waals surface area (Å²) in [5.74, 6) is -1.43. The van der Waals surface area contributed by atoms with Gasteiger partial charge < -0.3 is 5.32 Å². The van der Waals surface area contributed by atoms with E-state index in [2.05, 4.69) is 5.32 Å². The quantitative estimate of drug-likeness (QED) is 0.811. The number of nitrogens with one attached hydrogen (secondary N) is 1. The Labute approximate surface area is 93.8 Å². The minimum atomic E-state index is -4.42. The molecule has 0 amide bonds. The summed E-state index contributed by atoms with van der Waals surface area (Å²) in [5.41, 5.74) is 0. The van der Waals surface area contributed by atoms with Crippen molar-refractivity contribution in [3.05, 3.63) is 0 Å². The second-order valence-electron chi connectivity index (χ2n) is 4.46. The standard InChI is InChI=1S/C11H17F3N2/c1-8(9-4-2-3-5-9)16-7-10(6-15)11(12,13)14/h8-10,16H,2-5,7H2,1H3. The van der Waals surface area contributed by atoms with Crippen molar-refractivity contribution in [2.75, 3.05) is 6.54 Å². The van der Waals surface area contributed by atoms with E-state index >= 15 is 0 Å². The Bertz CT molecular complexity index is 251. The van der Waals surface area contributed by atoms with E-state index in [-0.39, 0.29) is 12.6 Å². The first kappa shape index (κ1) is 13.3. The lowest BCUT2D eigenvalue weighted by molar-refractivity contribution is -0.158. The van der Waals surface area contributed by atoms with Gasteiger partial charge in [0.15, 0.2) is 5.92 Å². The van der Waals surface area contributed by atoms with Gasteiger partial charge in [0.2, 0.25) is 0 Å². The second kappa shape index (κ2) is 5.53. The first-order valence-corrected chi connectivity index (χ1v) is 5.65. The monoisotopic (exact) mass is 234 g/mol. The number of rotatable bonds is 4. The smallest absolute Gasteiger partial charge is 0.312 e. The number of hydrogen-bond donors (Lipinski definition) is 1. The average molecular weight is 234 g/mol. The molecule has 1 fully saturated rings. The SMILES string of the molecule is CC(NCC(C#N)C(F)(F)F)C1CCCC1. The van der Waals surface area contributed by atoms with Crippen LogP contribution in [0.25, 0.3) is 0 Å². The maximum absolute atomic E-state index is 12.3. The van der Waals surface area contributed by atoms with E-state index in [4.69, 9.17) is 5.26 Å². The third-order valence-electron chi connectivity index (χ3n) is 3.30. The van der Waals surface area contributed by atoms with Crippen LogP contribution in [-0.4, -0.2) is 18.8 Å². The molecule has 92 valence electrons. The summed E-state index contributed by atoms with van der Waals surface area (Å²) in [6, 6.07) is 1.37. The highest BCUT2D eigenvalue weighted by Crippen LogP contribution is 2.29. The highest BCUT2D eigenvalue weighted by atomic mass is 19.4. The largest absolute Gasteiger partial charge is 0.405 e. The van der Waals surface area contributed by atoms with Gasteiger partial charge in [0.25, 0.3) is 0 Å². The lowest BCUT2D eigenvalue weighted by atomic mass is 9.99. The van der Waals surface area contributed by atoms with Crippen molar-refractivity contribution >= 4 is 0 Å². The summed E-state index contributed by atoms with van der Waals surface area (Å²) in [6.07, 6.45) is 0.0707. The summed E-state index contributed by atoms with van der Waals surface area (Å²) in [4.78, 5) is 0. The van der Waals surface area contributed by atoms with Crippen molar-refractivity contribution in [3.63, 3.8) is 0 Å². The molecule has 1 rings (SSSR count). The first-order valence-electron chi connectivity index (χ1n) is 5.65. The molecule has 5 heteroatoms. The normalized spacial score (nSPS) is 21.7. The fraction of sp³-hybridized carbons (Fsp3) is 0.909. The molecular formula is C11H17F3N2. The van der Waals surface area contributed by atoms with Crippen molar-refractivity contribution in [2.45, 2.75) is 44.8 Å². The van der Waals surface area contributed by atoms with Gasteiger partial charge >= 0.3 is 6.18 Å². The van der Waals surface area contributed by atoms with E-state index in [9.17, 15) is 13.2 Å². The molecule has 0 aromatic rings. The molecule has 0 aromatic heterocycles. The fourth-order valence-corrected chi connectivity index (χ4v) is 2.16. The molecule has 0 aliphatic heterocycles. The van der Waals surface area contributed by atoms with Gasteiger partial charge in [-0.15, -0.1) is 0 Å². The molecule has 1 saturated carbocycles. The molecule has 0 aromatic carbocycles. The van der Waals surface area contributed by atoms with Gasteiger partial charge in [0.1, 0.15) is 0 Å². The van der Waals surface area contributed by atoms with E-state index < -0.39 is 12.1 Å². The van der Waals surface area contributed by atoms with E-state index in [0.29, 0.717) is 5.92 Å². The van der Waals surface area contributed by atoms with Gasteiger partial charge in [-0.25, -0.2) is 0 Å². The maximum Gasteiger partial charge on any atom is 0.405 e. The topological polar surface area (TPSA) is 35.8 Å². The zero-order valence-electron chi connectivity index (χ0n) is 9.35. The van der Waals surface area contributed by atoms with Crippen molar-refractivity contribution in [1.82, 2.24) is 5.32 Å². The molecule has 1 aliphatic carbocycles. The lowest BCUT2D eigenvalue weighted by Gasteiger charge is -2.22. The van der Waals surface area contributed by atoms with Crippen LogP contribution in [0, 0.1) is 23.2 Å². The maximum atomic E-state index is 12.3.